The molecule has 1 fully saturated rings. The summed E-state index contributed by atoms with van der Waals surface area (Å²) < 4.78 is 31.3. The monoisotopic (exact) mass is 295 g/mol. The Balaban J connectivity index is 0.00000162. The summed E-state index contributed by atoms with van der Waals surface area (Å²) in [5.74, 6) is 0.338. The van der Waals surface area contributed by atoms with Crippen molar-refractivity contribution in [2.75, 3.05) is 13.1 Å². The molecule has 0 radical (unpaired) electrons. The quantitative estimate of drug-likeness (QED) is 0.892. The van der Waals surface area contributed by atoms with Crippen molar-refractivity contribution in [2.24, 2.45) is 5.73 Å². The van der Waals surface area contributed by atoms with Crippen LogP contribution in [-0.4, -0.2) is 37.0 Å². The van der Waals surface area contributed by atoms with Gasteiger partial charge in [0.1, 0.15) is 10.6 Å². The molecule has 1 unspecified atom stereocenters. The number of halogens is 1. The SMILES string of the molecule is Cc1noc(C)c1S(=O)(=O)N1CCCC1CN.Cl. The molecule has 1 aromatic heterocycles. The number of nitrogens with zero attached hydrogens (tertiary/aromatic N) is 2. The average Bonchev–Trinajstić information content (AvgIpc) is 2.85. The zero-order valence-corrected chi connectivity index (χ0v) is 12.1. The van der Waals surface area contributed by atoms with Crippen LogP contribution in [0.3, 0.4) is 0 Å². The maximum Gasteiger partial charge on any atom is 0.248 e. The fourth-order valence-corrected chi connectivity index (χ4v) is 4.32. The van der Waals surface area contributed by atoms with Crippen LogP contribution in [0.1, 0.15) is 24.3 Å². The lowest BCUT2D eigenvalue weighted by molar-refractivity contribution is 0.383. The Hall–Kier alpha value is -0.630. The van der Waals surface area contributed by atoms with Crippen LogP contribution < -0.4 is 5.73 Å². The number of aryl methyl sites for hydroxylation is 2. The van der Waals surface area contributed by atoms with E-state index in [-0.39, 0.29) is 23.3 Å². The van der Waals surface area contributed by atoms with E-state index in [0.29, 0.717) is 24.5 Å². The van der Waals surface area contributed by atoms with Gasteiger partial charge in [-0.15, -0.1) is 12.4 Å². The van der Waals surface area contributed by atoms with Crippen LogP contribution in [0.5, 0.6) is 0 Å². The van der Waals surface area contributed by atoms with Crippen molar-refractivity contribution in [1.82, 2.24) is 9.46 Å². The Labute approximate surface area is 113 Å². The molecule has 2 heterocycles. The first kappa shape index (κ1) is 15.4. The van der Waals surface area contributed by atoms with E-state index in [9.17, 15) is 8.42 Å². The van der Waals surface area contributed by atoms with Crippen LogP contribution in [0.2, 0.25) is 0 Å². The van der Waals surface area contributed by atoms with Gasteiger partial charge in [0.2, 0.25) is 10.0 Å². The molecular weight excluding hydrogens is 278 g/mol. The number of hydrogen-bond donors (Lipinski definition) is 1. The molecule has 1 aliphatic rings. The second-order valence-electron chi connectivity index (χ2n) is 4.30. The summed E-state index contributed by atoms with van der Waals surface area (Å²) in [6.07, 6.45) is 1.67. The van der Waals surface area contributed by atoms with Gasteiger partial charge in [-0.3, -0.25) is 0 Å². The molecule has 18 heavy (non-hydrogen) atoms. The summed E-state index contributed by atoms with van der Waals surface area (Å²) in [5.41, 5.74) is 6.01. The fraction of sp³-hybridized carbons (Fsp3) is 0.700. The highest BCUT2D eigenvalue weighted by Crippen LogP contribution is 2.29. The highest BCUT2D eigenvalue weighted by atomic mass is 35.5. The van der Waals surface area contributed by atoms with E-state index in [0.717, 1.165) is 12.8 Å². The lowest BCUT2D eigenvalue weighted by Gasteiger charge is -2.22. The second kappa shape index (κ2) is 5.56. The minimum atomic E-state index is -3.52. The first-order valence-electron chi connectivity index (χ1n) is 5.63. The van der Waals surface area contributed by atoms with Crippen molar-refractivity contribution >= 4 is 22.4 Å². The molecular formula is C10H18ClN3O3S. The predicted octanol–water partition coefficient (Wildman–Crippen LogP) is 0.825. The largest absolute Gasteiger partial charge is 0.360 e. The van der Waals surface area contributed by atoms with Gasteiger partial charge in [0, 0.05) is 19.1 Å². The van der Waals surface area contributed by atoms with Gasteiger partial charge in [-0.25, -0.2) is 8.42 Å². The molecule has 6 nitrogen and oxygen atoms in total. The number of hydrogen-bond acceptors (Lipinski definition) is 5. The highest BCUT2D eigenvalue weighted by Gasteiger charge is 2.37. The van der Waals surface area contributed by atoms with Crippen molar-refractivity contribution in [3.8, 4) is 0 Å². The van der Waals surface area contributed by atoms with E-state index in [2.05, 4.69) is 5.16 Å². The maximum absolute atomic E-state index is 12.5. The Bertz CT molecular complexity index is 495. The zero-order chi connectivity index (χ0) is 12.6. The minimum absolute atomic E-state index is 0. The first-order chi connectivity index (χ1) is 7.98. The van der Waals surface area contributed by atoms with Crippen LogP contribution in [0.25, 0.3) is 0 Å². The Morgan fingerprint density at radius 3 is 2.67 bits per heavy atom. The van der Waals surface area contributed by atoms with E-state index in [1.807, 2.05) is 0 Å². The zero-order valence-electron chi connectivity index (χ0n) is 10.4. The lowest BCUT2D eigenvalue weighted by Crippen LogP contribution is -2.40. The third-order valence-electron chi connectivity index (χ3n) is 3.13. The van der Waals surface area contributed by atoms with Gasteiger partial charge >= 0.3 is 0 Å². The van der Waals surface area contributed by atoms with E-state index in [4.69, 9.17) is 10.3 Å². The van der Waals surface area contributed by atoms with Gasteiger partial charge in [0.25, 0.3) is 0 Å². The molecule has 1 aliphatic heterocycles. The van der Waals surface area contributed by atoms with Gasteiger partial charge in [-0.05, 0) is 26.7 Å². The van der Waals surface area contributed by atoms with Gasteiger partial charge in [-0.1, -0.05) is 5.16 Å². The predicted molar refractivity (Wildman–Crippen MR) is 69.2 cm³/mol. The van der Waals surface area contributed by atoms with Gasteiger partial charge < -0.3 is 10.3 Å². The van der Waals surface area contributed by atoms with E-state index >= 15 is 0 Å². The minimum Gasteiger partial charge on any atom is -0.360 e. The van der Waals surface area contributed by atoms with Gasteiger partial charge in [-0.2, -0.15) is 4.31 Å². The van der Waals surface area contributed by atoms with E-state index in [1.54, 1.807) is 13.8 Å². The molecule has 2 N–H and O–H groups in total. The van der Waals surface area contributed by atoms with Crippen LogP contribution in [0.4, 0.5) is 0 Å². The number of rotatable bonds is 3. The third kappa shape index (κ3) is 2.40. The molecule has 0 aromatic carbocycles. The average molecular weight is 296 g/mol. The molecule has 1 atom stereocenters. The number of aromatic nitrogens is 1. The van der Waals surface area contributed by atoms with Gasteiger partial charge in [0.05, 0.1) is 0 Å². The van der Waals surface area contributed by atoms with Crippen LogP contribution in [-0.2, 0) is 10.0 Å². The summed E-state index contributed by atoms with van der Waals surface area (Å²) in [7, 11) is -3.52. The topological polar surface area (TPSA) is 89.4 Å². The molecule has 0 aliphatic carbocycles. The van der Waals surface area contributed by atoms with E-state index < -0.39 is 10.0 Å². The Morgan fingerprint density at radius 2 is 2.17 bits per heavy atom. The molecule has 0 spiro atoms. The molecule has 2 rings (SSSR count). The van der Waals surface area contributed by atoms with Crippen molar-refractivity contribution in [2.45, 2.75) is 37.6 Å². The fourth-order valence-electron chi connectivity index (χ4n) is 2.32. The summed E-state index contributed by atoms with van der Waals surface area (Å²) in [6.45, 7) is 4.12. The van der Waals surface area contributed by atoms with Gasteiger partial charge in [0.15, 0.2) is 5.76 Å². The maximum atomic E-state index is 12.5. The molecule has 0 saturated carbocycles. The van der Waals surface area contributed by atoms with Crippen molar-refractivity contribution in [3.05, 3.63) is 11.5 Å². The molecule has 8 heteroatoms. The normalized spacial score (nSPS) is 20.9. The highest BCUT2D eigenvalue weighted by molar-refractivity contribution is 7.89. The number of nitrogens with two attached hydrogens (primary N) is 1. The smallest absolute Gasteiger partial charge is 0.248 e. The van der Waals surface area contributed by atoms with Crippen LogP contribution in [0.15, 0.2) is 9.42 Å². The Morgan fingerprint density at radius 1 is 1.50 bits per heavy atom. The van der Waals surface area contributed by atoms with Crippen molar-refractivity contribution in [3.63, 3.8) is 0 Å². The molecule has 0 bridgehead atoms. The molecule has 1 aromatic rings. The van der Waals surface area contributed by atoms with E-state index in [1.165, 1.54) is 4.31 Å². The summed E-state index contributed by atoms with van der Waals surface area (Å²) in [6, 6.07) is -0.103. The number of sulfonamides is 1. The summed E-state index contributed by atoms with van der Waals surface area (Å²) >= 11 is 0. The molecule has 104 valence electrons. The second-order valence-corrected chi connectivity index (χ2v) is 6.13. The summed E-state index contributed by atoms with van der Waals surface area (Å²) in [5, 5.41) is 3.69. The lowest BCUT2D eigenvalue weighted by atomic mass is 10.2. The third-order valence-corrected chi connectivity index (χ3v) is 5.33. The molecule has 1 saturated heterocycles. The Kier molecular flexibility index (Phi) is 4.77. The van der Waals surface area contributed by atoms with Crippen LogP contribution >= 0.6 is 12.4 Å². The molecule has 0 amide bonds. The first-order valence-corrected chi connectivity index (χ1v) is 7.07. The van der Waals surface area contributed by atoms with Crippen molar-refractivity contribution in [1.29, 1.82) is 0 Å². The van der Waals surface area contributed by atoms with Crippen LogP contribution in [0, 0.1) is 13.8 Å². The summed E-state index contributed by atoms with van der Waals surface area (Å²) in [4.78, 5) is 0.192. The standard InChI is InChI=1S/C10H17N3O3S.ClH/c1-7-10(8(2)16-12-7)17(14,15)13-5-3-4-9(13)6-11;/h9H,3-6,11H2,1-2H3;1H. The van der Waals surface area contributed by atoms with Crippen molar-refractivity contribution < 1.29 is 12.9 Å².